The van der Waals surface area contributed by atoms with Gasteiger partial charge in [0.2, 0.25) is 0 Å². The molecule has 4 aliphatic rings. The van der Waals surface area contributed by atoms with E-state index in [0.29, 0.717) is 43.5 Å². The fourth-order valence-corrected chi connectivity index (χ4v) is 4.35. The Bertz CT molecular complexity index is 374. The van der Waals surface area contributed by atoms with Gasteiger partial charge >= 0.3 is 0 Å². The third kappa shape index (κ3) is 4.59. The van der Waals surface area contributed by atoms with Crippen LogP contribution in [0.3, 0.4) is 0 Å². The van der Waals surface area contributed by atoms with E-state index in [0.717, 1.165) is 39.1 Å². The van der Waals surface area contributed by atoms with Gasteiger partial charge in [0, 0.05) is 24.4 Å². The van der Waals surface area contributed by atoms with Crippen molar-refractivity contribution in [1.82, 2.24) is 0 Å². The maximum atomic E-state index is 6.06. The molecule has 0 aromatic carbocycles. The molecule has 4 rings (SSSR count). The number of hydrogen-bond donors (Lipinski definition) is 0. The largest absolute Gasteiger partial charge is 0.377 e. The first kappa shape index (κ1) is 19.1. The lowest BCUT2D eigenvalue weighted by Gasteiger charge is -2.41. The molecule has 6 nitrogen and oxygen atoms in total. The summed E-state index contributed by atoms with van der Waals surface area (Å²) in [7, 11) is 0. The summed E-state index contributed by atoms with van der Waals surface area (Å²) in [5, 5.41) is 0. The lowest BCUT2D eigenvalue weighted by Crippen LogP contribution is -2.48. The monoisotopic (exact) mass is 370 g/mol. The molecule has 0 amide bonds. The zero-order valence-corrected chi connectivity index (χ0v) is 16.1. The average molecular weight is 370 g/mol. The minimum Gasteiger partial charge on any atom is -0.377 e. The van der Waals surface area contributed by atoms with E-state index in [2.05, 4.69) is 13.8 Å². The molecule has 0 aromatic rings. The van der Waals surface area contributed by atoms with Crippen LogP contribution in [0.25, 0.3) is 0 Å². The molecule has 4 heterocycles. The summed E-state index contributed by atoms with van der Waals surface area (Å²) in [6.07, 6.45) is 4.25. The van der Waals surface area contributed by atoms with Gasteiger partial charge in [0.05, 0.1) is 39.1 Å². The van der Waals surface area contributed by atoms with E-state index in [9.17, 15) is 0 Å². The van der Waals surface area contributed by atoms with Crippen molar-refractivity contribution in [2.24, 2.45) is 23.7 Å². The Morgan fingerprint density at radius 2 is 1.04 bits per heavy atom. The maximum absolute atomic E-state index is 6.06. The summed E-state index contributed by atoms with van der Waals surface area (Å²) < 4.78 is 35.7. The van der Waals surface area contributed by atoms with E-state index in [-0.39, 0.29) is 24.8 Å². The molecule has 4 saturated heterocycles. The Morgan fingerprint density at radius 3 is 1.65 bits per heavy atom. The molecule has 0 saturated carbocycles. The lowest BCUT2D eigenvalue weighted by molar-refractivity contribution is -0.284. The predicted molar refractivity (Wildman–Crippen MR) is 94.6 cm³/mol. The van der Waals surface area contributed by atoms with Crippen LogP contribution in [0.5, 0.6) is 0 Å². The molecule has 150 valence electrons. The quantitative estimate of drug-likeness (QED) is 0.761. The smallest absolute Gasteiger partial charge is 0.183 e. The molecule has 0 radical (unpaired) electrons. The second-order valence-electron chi connectivity index (χ2n) is 8.70. The van der Waals surface area contributed by atoms with Crippen molar-refractivity contribution in [2.75, 3.05) is 39.6 Å². The average Bonchev–Trinajstić information content (AvgIpc) is 2.70. The first-order valence-electron chi connectivity index (χ1n) is 10.4. The van der Waals surface area contributed by atoms with Crippen LogP contribution in [0.4, 0.5) is 0 Å². The maximum Gasteiger partial charge on any atom is 0.183 e. The summed E-state index contributed by atoms with van der Waals surface area (Å²) in [6.45, 7) is 8.89. The van der Waals surface area contributed by atoms with Gasteiger partial charge in [0.25, 0.3) is 0 Å². The summed E-state index contributed by atoms with van der Waals surface area (Å²) in [5.41, 5.74) is 0. The molecule has 4 fully saturated rings. The van der Waals surface area contributed by atoms with Crippen LogP contribution in [-0.4, -0.2) is 64.4 Å². The highest BCUT2D eigenvalue weighted by Crippen LogP contribution is 2.32. The molecule has 0 N–H and O–H groups in total. The van der Waals surface area contributed by atoms with E-state index < -0.39 is 0 Å². The van der Waals surface area contributed by atoms with Gasteiger partial charge in [-0.15, -0.1) is 0 Å². The fraction of sp³-hybridized carbons (Fsp3) is 1.00. The second-order valence-corrected chi connectivity index (χ2v) is 8.70. The van der Waals surface area contributed by atoms with Crippen LogP contribution in [0.2, 0.25) is 0 Å². The van der Waals surface area contributed by atoms with Gasteiger partial charge in [0.1, 0.15) is 6.10 Å². The Kier molecular flexibility index (Phi) is 6.49. The fourth-order valence-electron chi connectivity index (χ4n) is 4.35. The Hall–Kier alpha value is -0.240. The molecule has 0 bridgehead atoms. The standard InChI is InChI=1S/C20H34O6/c1-13-3-5-17(21-7-13)16-11-25-20(26-12-16)18-6-4-15(10-22-18)19-23-8-14(2)9-24-19/h13-20H,3-12H2,1-2H3. The third-order valence-electron chi connectivity index (χ3n) is 6.14. The van der Waals surface area contributed by atoms with Gasteiger partial charge in [-0.05, 0) is 31.6 Å². The van der Waals surface area contributed by atoms with Crippen molar-refractivity contribution in [3.8, 4) is 0 Å². The van der Waals surface area contributed by atoms with Crippen LogP contribution in [0, 0.1) is 23.7 Å². The molecule has 0 aliphatic carbocycles. The molecule has 0 spiro atoms. The van der Waals surface area contributed by atoms with Crippen LogP contribution in [0.1, 0.15) is 39.5 Å². The van der Waals surface area contributed by atoms with Crippen molar-refractivity contribution in [2.45, 2.75) is 64.3 Å². The van der Waals surface area contributed by atoms with Crippen molar-refractivity contribution in [3.05, 3.63) is 0 Å². The van der Waals surface area contributed by atoms with E-state index in [1.807, 2.05) is 0 Å². The number of hydrogen-bond acceptors (Lipinski definition) is 6. The van der Waals surface area contributed by atoms with Gasteiger partial charge in [-0.3, -0.25) is 0 Å². The highest BCUT2D eigenvalue weighted by Gasteiger charge is 2.39. The minimum atomic E-state index is -0.247. The van der Waals surface area contributed by atoms with Gasteiger partial charge in [-0.25, -0.2) is 0 Å². The Balaban J connectivity index is 1.18. The van der Waals surface area contributed by atoms with Crippen molar-refractivity contribution in [3.63, 3.8) is 0 Å². The molecule has 4 unspecified atom stereocenters. The SMILES string of the molecule is CC1CCC(C2COC(C3CCC(C4OCC(C)CO4)CO3)OC2)OC1. The molecule has 0 aromatic heterocycles. The van der Waals surface area contributed by atoms with Crippen LogP contribution in [-0.2, 0) is 28.4 Å². The van der Waals surface area contributed by atoms with Crippen molar-refractivity contribution >= 4 is 0 Å². The van der Waals surface area contributed by atoms with E-state index in [4.69, 9.17) is 28.4 Å². The zero-order valence-electron chi connectivity index (χ0n) is 16.1. The van der Waals surface area contributed by atoms with Crippen molar-refractivity contribution < 1.29 is 28.4 Å². The van der Waals surface area contributed by atoms with Gasteiger partial charge in [0.15, 0.2) is 12.6 Å². The first-order valence-corrected chi connectivity index (χ1v) is 10.4. The molecule has 26 heavy (non-hydrogen) atoms. The lowest BCUT2D eigenvalue weighted by atomic mass is 9.92. The minimum absolute atomic E-state index is 0.0158. The highest BCUT2D eigenvalue weighted by atomic mass is 16.7. The number of rotatable bonds is 3. The topological polar surface area (TPSA) is 55.4 Å². The predicted octanol–water partition coefficient (Wildman–Crippen LogP) is 2.59. The van der Waals surface area contributed by atoms with Crippen LogP contribution >= 0.6 is 0 Å². The van der Waals surface area contributed by atoms with Gasteiger partial charge in [-0.1, -0.05) is 13.8 Å². The second kappa shape index (κ2) is 8.84. The molecule has 4 aliphatic heterocycles. The third-order valence-corrected chi connectivity index (χ3v) is 6.14. The van der Waals surface area contributed by atoms with Crippen LogP contribution in [0.15, 0.2) is 0 Å². The van der Waals surface area contributed by atoms with E-state index in [1.165, 1.54) is 6.42 Å². The Morgan fingerprint density at radius 1 is 0.462 bits per heavy atom. The summed E-state index contributed by atoms with van der Waals surface area (Å²) in [5.74, 6) is 1.82. The molecule has 6 heteroatoms. The van der Waals surface area contributed by atoms with Crippen molar-refractivity contribution in [1.29, 1.82) is 0 Å². The van der Waals surface area contributed by atoms with Gasteiger partial charge < -0.3 is 28.4 Å². The molecule has 4 atom stereocenters. The zero-order chi connectivity index (χ0) is 17.9. The Labute approximate surface area is 156 Å². The summed E-state index contributed by atoms with van der Waals surface area (Å²) in [6, 6.07) is 0. The molecular weight excluding hydrogens is 336 g/mol. The summed E-state index contributed by atoms with van der Waals surface area (Å²) in [4.78, 5) is 0. The van der Waals surface area contributed by atoms with Gasteiger partial charge in [-0.2, -0.15) is 0 Å². The summed E-state index contributed by atoms with van der Waals surface area (Å²) >= 11 is 0. The van der Waals surface area contributed by atoms with E-state index in [1.54, 1.807) is 0 Å². The molecular formula is C20H34O6. The van der Waals surface area contributed by atoms with E-state index >= 15 is 0 Å². The normalized spacial score (nSPS) is 48.2. The number of ether oxygens (including phenoxy) is 6. The highest BCUT2D eigenvalue weighted by molar-refractivity contribution is 4.81. The van der Waals surface area contributed by atoms with Crippen LogP contribution < -0.4 is 0 Å². The first-order chi connectivity index (χ1) is 12.7.